The Morgan fingerprint density at radius 2 is 1.90 bits per heavy atom. The molecule has 0 radical (unpaired) electrons. The Labute approximate surface area is 122 Å². The summed E-state index contributed by atoms with van der Waals surface area (Å²) < 4.78 is 5.57. The molecule has 1 N–H and O–H groups in total. The van der Waals surface area contributed by atoms with Crippen LogP contribution in [0.15, 0.2) is 30.3 Å². The van der Waals surface area contributed by atoms with Gasteiger partial charge in [0.2, 0.25) is 5.91 Å². The van der Waals surface area contributed by atoms with E-state index in [0.717, 1.165) is 25.2 Å². The van der Waals surface area contributed by atoms with Crippen LogP contribution >= 0.6 is 0 Å². The van der Waals surface area contributed by atoms with E-state index in [-0.39, 0.29) is 5.91 Å². The Morgan fingerprint density at radius 1 is 1.25 bits per heavy atom. The SMILES string of the molecule is CCN(CC)CCNC(=O)C(C)OCc1ccccc1. The Balaban J connectivity index is 2.22. The second-order valence-electron chi connectivity index (χ2n) is 4.76. The third kappa shape index (κ3) is 6.17. The molecule has 1 rings (SSSR count). The fourth-order valence-corrected chi connectivity index (χ4v) is 1.89. The number of carbonyl (C=O) groups is 1. The van der Waals surface area contributed by atoms with Crippen LogP contribution in [-0.2, 0) is 16.1 Å². The molecule has 0 aliphatic heterocycles. The predicted octanol–water partition coefficient (Wildman–Crippen LogP) is 2.05. The number of benzene rings is 1. The molecule has 4 nitrogen and oxygen atoms in total. The van der Waals surface area contributed by atoms with Crippen molar-refractivity contribution in [1.82, 2.24) is 10.2 Å². The van der Waals surface area contributed by atoms with Gasteiger partial charge in [-0.05, 0) is 25.6 Å². The summed E-state index contributed by atoms with van der Waals surface area (Å²) in [6, 6.07) is 9.88. The maximum atomic E-state index is 11.9. The first-order valence-electron chi connectivity index (χ1n) is 7.33. The Bertz CT molecular complexity index is 377. The normalized spacial score (nSPS) is 12.4. The molecule has 0 saturated heterocycles. The van der Waals surface area contributed by atoms with Crippen LogP contribution in [0.2, 0.25) is 0 Å². The van der Waals surface area contributed by atoms with Crippen LogP contribution in [0.1, 0.15) is 26.3 Å². The van der Waals surface area contributed by atoms with Crippen LogP contribution in [0.4, 0.5) is 0 Å². The van der Waals surface area contributed by atoms with Gasteiger partial charge in [-0.1, -0.05) is 44.2 Å². The summed E-state index contributed by atoms with van der Waals surface area (Å²) >= 11 is 0. The van der Waals surface area contributed by atoms with Crippen molar-refractivity contribution in [3.8, 4) is 0 Å². The fourth-order valence-electron chi connectivity index (χ4n) is 1.89. The second kappa shape index (κ2) is 9.50. The lowest BCUT2D eigenvalue weighted by molar-refractivity contribution is -0.132. The van der Waals surface area contributed by atoms with Gasteiger partial charge in [-0.3, -0.25) is 4.79 Å². The lowest BCUT2D eigenvalue weighted by atomic mass is 10.2. The maximum absolute atomic E-state index is 11.9. The van der Waals surface area contributed by atoms with Gasteiger partial charge in [-0.2, -0.15) is 0 Å². The lowest BCUT2D eigenvalue weighted by Crippen LogP contribution is -2.39. The van der Waals surface area contributed by atoms with Crippen molar-refractivity contribution >= 4 is 5.91 Å². The van der Waals surface area contributed by atoms with Crippen LogP contribution in [-0.4, -0.2) is 43.1 Å². The number of amides is 1. The molecule has 1 amide bonds. The third-order valence-electron chi connectivity index (χ3n) is 3.33. The standard InChI is InChI=1S/C16H26N2O2/c1-4-18(5-2)12-11-17-16(19)14(3)20-13-15-9-7-6-8-10-15/h6-10,14H,4-5,11-13H2,1-3H3,(H,17,19). The number of likely N-dealkylation sites (N-methyl/N-ethyl adjacent to an activating group) is 1. The number of hydrogen-bond acceptors (Lipinski definition) is 3. The summed E-state index contributed by atoms with van der Waals surface area (Å²) in [5.74, 6) is -0.0481. The van der Waals surface area contributed by atoms with Gasteiger partial charge in [-0.15, -0.1) is 0 Å². The highest BCUT2D eigenvalue weighted by molar-refractivity contribution is 5.80. The minimum absolute atomic E-state index is 0.0481. The van der Waals surface area contributed by atoms with Gasteiger partial charge < -0.3 is 15.0 Å². The first kappa shape index (κ1) is 16.7. The summed E-state index contributed by atoms with van der Waals surface area (Å²) in [4.78, 5) is 14.1. The van der Waals surface area contributed by atoms with Gasteiger partial charge in [0.15, 0.2) is 0 Å². The third-order valence-corrected chi connectivity index (χ3v) is 3.33. The number of nitrogens with zero attached hydrogens (tertiary/aromatic N) is 1. The second-order valence-corrected chi connectivity index (χ2v) is 4.76. The summed E-state index contributed by atoms with van der Waals surface area (Å²) in [7, 11) is 0. The summed E-state index contributed by atoms with van der Waals surface area (Å²) in [6.45, 7) is 10.1. The van der Waals surface area contributed by atoms with E-state index in [0.29, 0.717) is 13.2 Å². The fraction of sp³-hybridized carbons (Fsp3) is 0.562. The number of ether oxygens (including phenoxy) is 1. The first-order valence-corrected chi connectivity index (χ1v) is 7.33. The van der Waals surface area contributed by atoms with Crippen molar-refractivity contribution in [3.63, 3.8) is 0 Å². The number of carbonyl (C=O) groups excluding carboxylic acids is 1. The van der Waals surface area contributed by atoms with Crippen molar-refractivity contribution < 1.29 is 9.53 Å². The maximum Gasteiger partial charge on any atom is 0.248 e. The average Bonchev–Trinajstić information content (AvgIpc) is 2.50. The van der Waals surface area contributed by atoms with E-state index >= 15 is 0 Å². The molecule has 0 aliphatic carbocycles. The van der Waals surface area contributed by atoms with Gasteiger partial charge in [0, 0.05) is 13.1 Å². The molecular formula is C16H26N2O2. The smallest absolute Gasteiger partial charge is 0.248 e. The summed E-state index contributed by atoms with van der Waals surface area (Å²) in [6.07, 6.45) is -0.424. The molecule has 0 spiro atoms. The average molecular weight is 278 g/mol. The highest BCUT2D eigenvalue weighted by Crippen LogP contribution is 2.03. The molecule has 0 aliphatic rings. The zero-order valence-corrected chi connectivity index (χ0v) is 12.8. The number of rotatable bonds is 9. The number of nitrogens with one attached hydrogen (secondary N) is 1. The van der Waals surface area contributed by atoms with E-state index in [1.165, 1.54) is 0 Å². The first-order chi connectivity index (χ1) is 9.67. The highest BCUT2D eigenvalue weighted by Gasteiger charge is 2.12. The van der Waals surface area contributed by atoms with Crippen LogP contribution in [0.25, 0.3) is 0 Å². The minimum Gasteiger partial charge on any atom is -0.364 e. The van der Waals surface area contributed by atoms with E-state index in [2.05, 4.69) is 24.1 Å². The van der Waals surface area contributed by atoms with Gasteiger partial charge in [0.05, 0.1) is 6.61 Å². The van der Waals surface area contributed by atoms with Crippen LogP contribution in [0, 0.1) is 0 Å². The molecule has 1 unspecified atom stereocenters. The van der Waals surface area contributed by atoms with E-state index in [4.69, 9.17) is 4.74 Å². The van der Waals surface area contributed by atoms with Crippen molar-refractivity contribution in [1.29, 1.82) is 0 Å². The zero-order chi connectivity index (χ0) is 14.8. The molecule has 0 saturated carbocycles. The van der Waals surface area contributed by atoms with Crippen molar-refractivity contribution in [2.24, 2.45) is 0 Å². The monoisotopic (exact) mass is 278 g/mol. The van der Waals surface area contributed by atoms with Crippen molar-refractivity contribution in [2.75, 3.05) is 26.2 Å². The Hall–Kier alpha value is -1.39. The number of hydrogen-bond donors (Lipinski definition) is 1. The van der Waals surface area contributed by atoms with Gasteiger partial charge in [0.25, 0.3) is 0 Å². The van der Waals surface area contributed by atoms with Crippen molar-refractivity contribution in [2.45, 2.75) is 33.5 Å². The molecular weight excluding hydrogens is 252 g/mol. The molecule has 112 valence electrons. The molecule has 0 bridgehead atoms. The lowest BCUT2D eigenvalue weighted by Gasteiger charge is -2.19. The predicted molar refractivity (Wildman–Crippen MR) is 81.5 cm³/mol. The topological polar surface area (TPSA) is 41.6 Å². The summed E-state index contributed by atoms with van der Waals surface area (Å²) in [5.41, 5.74) is 1.08. The van der Waals surface area contributed by atoms with E-state index < -0.39 is 6.10 Å². The summed E-state index contributed by atoms with van der Waals surface area (Å²) in [5, 5.41) is 2.91. The van der Waals surface area contributed by atoms with Gasteiger partial charge in [-0.25, -0.2) is 0 Å². The minimum atomic E-state index is -0.424. The molecule has 1 aromatic rings. The quantitative estimate of drug-likeness (QED) is 0.751. The van der Waals surface area contributed by atoms with Crippen LogP contribution in [0.3, 0.4) is 0 Å². The van der Waals surface area contributed by atoms with Crippen LogP contribution < -0.4 is 5.32 Å². The largest absolute Gasteiger partial charge is 0.364 e. The molecule has 0 aromatic heterocycles. The molecule has 1 atom stereocenters. The van der Waals surface area contributed by atoms with E-state index in [1.54, 1.807) is 6.92 Å². The zero-order valence-electron chi connectivity index (χ0n) is 12.8. The molecule has 4 heteroatoms. The van der Waals surface area contributed by atoms with Crippen LogP contribution in [0.5, 0.6) is 0 Å². The molecule has 0 fully saturated rings. The molecule has 0 heterocycles. The molecule has 1 aromatic carbocycles. The van der Waals surface area contributed by atoms with E-state index in [1.807, 2.05) is 30.3 Å². The van der Waals surface area contributed by atoms with Gasteiger partial charge in [0.1, 0.15) is 6.10 Å². The van der Waals surface area contributed by atoms with Gasteiger partial charge >= 0.3 is 0 Å². The van der Waals surface area contributed by atoms with Crippen molar-refractivity contribution in [3.05, 3.63) is 35.9 Å². The Morgan fingerprint density at radius 3 is 2.50 bits per heavy atom. The molecule has 20 heavy (non-hydrogen) atoms. The highest BCUT2D eigenvalue weighted by atomic mass is 16.5. The van der Waals surface area contributed by atoms with E-state index in [9.17, 15) is 4.79 Å². The Kier molecular flexibility index (Phi) is 7.92.